The standard InChI is InChI=1S/C24H18F2O4S/c1-29-18-9-11-19-15(12-18)8-10-20(23(19)30-17-6-4-3-5-7-17)16-13-21(25)24(22(26)14-16)31(2,27)28/h3-14H,1-2H3. The van der Waals surface area contributed by atoms with Crippen LogP contribution in [-0.2, 0) is 9.84 Å². The number of para-hydroxylation sites is 1. The van der Waals surface area contributed by atoms with Crippen LogP contribution in [0.25, 0.3) is 21.9 Å². The molecule has 4 nitrogen and oxygen atoms in total. The van der Waals surface area contributed by atoms with E-state index in [2.05, 4.69) is 0 Å². The fourth-order valence-corrected chi connectivity index (χ4v) is 4.25. The number of fused-ring (bicyclic) bond motifs is 1. The minimum Gasteiger partial charge on any atom is -0.497 e. The summed E-state index contributed by atoms with van der Waals surface area (Å²) in [7, 11) is -2.50. The Kier molecular flexibility index (Phi) is 5.37. The van der Waals surface area contributed by atoms with Gasteiger partial charge in [0, 0.05) is 17.2 Å². The molecule has 0 unspecified atom stereocenters. The number of halogens is 2. The molecule has 7 heteroatoms. The lowest BCUT2D eigenvalue weighted by Gasteiger charge is -2.16. The first-order valence-corrected chi connectivity index (χ1v) is 11.2. The molecule has 0 saturated carbocycles. The van der Waals surface area contributed by atoms with E-state index in [0.717, 1.165) is 23.8 Å². The average Bonchev–Trinajstić information content (AvgIpc) is 2.72. The van der Waals surface area contributed by atoms with E-state index < -0.39 is 26.4 Å². The summed E-state index contributed by atoms with van der Waals surface area (Å²) in [4.78, 5) is -0.952. The summed E-state index contributed by atoms with van der Waals surface area (Å²) in [6, 6.07) is 19.8. The maximum absolute atomic E-state index is 14.6. The number of benzene rings is 4. The molecule has 0 radical (unpaired) electrons. The molecule has 0 atom stereocenters. The van der Waals surface area contributed by atoms with Crippen molar-refractivity contribution in [2.24, 2.45) is 0 Å². The molecular weight excluding hydrogens is 422 g/mol. The van der Waals surface area contributed by atoms with E-state index in [-0.39, 0.29) is 5.56 Å². The molecule has 0 aliphatic carbocycles. The molecule has 0 aromatic heterocycles. The first kappa shape index (κ1) is 20.8. The maximum Gasteiger partial charge on any atom is 0.181 e. The molecule has 0 N–H and O–H groups in total. The Balaban J connectivity index is 1.96. The predicted octanol–water partition coefficient (Wildman–Crippen LogP) is 5.99. The first-order chi connectivity index (χ1) is 14.8. The Hall–Kier alpha value is -3.45. The second-order valence-electron chi connectivity index (χ2n) is 6.99. The molecule has 0 heterocycles. The van der Waals surface area contributed by atoms with E-state index in [1.54, 1.807) is 43.5 Å². The largest absolute Gasteiger partial charge is 0.497 e. The van der Waals surface area contributed by atoms with E-state index in [0.29, 0.717) is 28.2 Å². The summed E-state index contributed by atoms with van der Waals surface area (Å²) < 4.78 is 64.1. The topological polar surface area (TPSA) is 52.6 Å². The fourth-order valence-electron chi connectivity index (χ4n) is 3.42. The first-order valence-electron chi connectivity index (χ1n) is 9.31. The molecule has 0 spiro atoms. The molecule has 0 aliphatic rings. The molecular formula is C24H18F2O4S. The molecule has 4 aromatic carbocycles. The van der Waals surface area contributed by atoms with Crippen LogP contribution in [0.3, 0.4) is 0 Å². The monoisotopic (exact) mass is 440 g/mol. The van der Waals surface area contributed by atoms with Crippen molar-refractivity contribution in [1.29, 1.82) is 0 Å². The quantitative estimate of drug-likeness (QED) is 0.383. The van der Waals surface area contributed by atoms with Crippen molar-refractivity contribution in [1.82, 2.24) is 0 Å². The van der Waals surface area contributed by atoms with Gasteiger partial charge in [0.1, 0.15) is 33.8 Å². The van der Waals surface area contributed by atoms with Crippen LogP contribution in [0, 0.1) is 11.6 Å². The van der Waals surface area contributed by atoms with Crippen LogP contribution >= 0.6 is 0 Å². The summed E-state index contributed by atoms with van der Waals surface area (Å²) in [6.45, 7) is 0. The summed E-state index contributed by atoms with van der Waals surface area (Å²) in [6.07, 6.45) is 0.765. The van der Waals surface area contributed by atoms with Crippen LogP contribution in [0.15, 0.2) is 77.7 Å². The predicted molar refractivity (Wildman–Crippen MR) is 115 cm³/mol. The summed E-state index contributed by atoms with van der Waals surface area (Å²) in [5, 5.41) is 1.51. The highest BCUT2D eigenvalue weighted by Gasteiger charge is 2.22. The van der Waals surface area contributed by atoms with E-state index in [4.69, 9.17) is 9.47 Å². The Morgan fingerprint density at radius 3 is 2.10 bits per heavy atom. The van der Waals surface area contributed by atoms with Gasteiger partial charge in [0.05, 0.1) is 7.11 Å². The van der Waals surface area contributed by atoms with Crippen molar-refractivity contribution >= 4 is 20.6 Å². The summed E-state index contributed by atoms with van der Waals surface area (Å²) in [5.74, 6) is -0.727. The van der Waals surface area contributed by atoms with Crippen LogP contribution in [0.2, 0.25) is 0 Å². The summed E-state index contributed by atoms with van der Waals surface area (Å²) >= 11 is 0. The van der Waals surface area contributed by atoms with Crippen LogP contribution in [0.1, 0.15) is 0 Å². The lowest BCUT2D eigenvalue weighted by Crippen LogP contribution is -2.05. The third kappa shape index (κ3) is 4.09. The minimum absolute atomic E-state index is 0.158. The number of sulfone groups is 1. The number of ether oxygens (including phenoxy) is 2. The second kappa shape index (κ2) is 8.00. The highest BCUT2D eigenvalue weighted by molar-refractivity contribution is 7.90. The van der Waals surface area contributed by atoms with Crippen molar-refractivity contribution in [3.05, 3.63) is 84.4 Å². The normalized spacial score (nSPS) is 11.5. The van der Waals surface area contributed by atoms with Gasteiger partial charge < -0.3 is 9.47 Å². The van der Waals surface area contributed by atoms with Gasteiger partial charge in [0.2, 0.25) is 0 Å². The second-order valence-corrected chi connectivity index (χ2v) is 8.94. The molecule has 4 aromatic rings. The van der Waals surface area contributed by atoms with Crippen molar-refractivity contribution in [3.8, 4) is 28.4 Å². The number of methoxy groups -OCH3 is 1. The van der Waals surface area contributed by atoms with E-state index >= 15 is 0 Å². The van der Waals surface area contributed by atoms with Gasteiger partial charge in [-0.1, -0.05) is 24.3 Å². The van der Waals surface area contributed by atoms with Gasteiger partial charge >= 0.3 is 0 Å². The van der Waals surface area contributed by atoms with Gasteiger partial charge in [0.25, 0.3) is 0 Å². The minimum atomic E-state index is -4.06. The van der Waals surface area contributed by atoms with Crippen LogP contribution < -0.4 is 9.47 Å². The molecule has 31 heavy (non-hydrogen) atoms. The number of rotatable bonds is 5. The maximum atomic E-state index is 14.6. The van der Waals surface area contributed by atoms with Gasteiger partial charge in [-0.15, -0.1) is 0 Å². The number of hydrogen-bond acceptors (Lipinski definition) is 4. The van der Waals surface area contributed by atoms with E-state index in [1.807, 2.05) is 24.3 Å². The van der Waals surface area contributed by atoms with Crippen molar-refractivity contribution in [2.75, 3.05) is 13.4 Å². The van der Waals surface area contributed by atoms with Gasteiger partial charge in [-0.05, 0) is 59.5 Å². The molecule has 0 aliphatic heterocycles. The van der Waals surface area contributed by atoms with Gasteiger partial charge in [-0.25, -0.2) is 17.2 Å². The molecule has 4 rings (SSSR count). The highest BCUT2D eigenvalue weighted by Crippen LogP contribution is 2.41. The average molecular weight is 440 g/mol. The van der Waals surface area contributed by atoms with Gasteiger partial charge in [0.15, 0.2) is 9.84 Å². The zero-order valence-electron chi connectivity index (χ0n) is 16.7. The fraction of sp³-hybridized carbons (Fsp3) is 0.0833. The molecule has 0 amide bonds. The Bertz CT molecular complexity index is 1360. The third-order valence-electron chi connectivity index (χ3n) is 4.82. The van der Waals surface area contributed by atoms with Crippen molar-refractivity contribution in [3.63, 3.8) is 0 Å². The van der Waals surface area contributed by atoms with E-state index in [9.17, 15) is 17.2 Å². The zero-order chi connectivity index (χ0) is 22.2. The Morgan fingerprint density at radius 1 is 0.806 bits per heavy atom. The Labute approximate surface area is 178 Å². The number of hydrogen-bond donors (Lipinski definition) is 0. The lowest BCUT2D eigenvalue weighted by atomic mass is 9.99. The molecule has 158 valence electrons. The SMILES string of the molecule is COc1ccc2c(Oc3ccccc3)c(-c3cc(F)c(S(C)(=O)=O)c(F)c3)ccc2c1. The summed E-state index contributed by atoms with van der Waals surface area (Å²) in [5.41, 5.74) is 0.574. The van der Waals surface area contributed by atoms with Gasteiger partial charge in [-0.3, -0.25) is 0 Å². The third-order valence-corrected chi connectivity index (χ3v) is 5.95. The molecule has 0 saturated heterocycles. The molecule has 0 bridgehead atoms. The van der Waals surface area contributed by atoms with Crippen LogP contribution in [-0.4, -0.2) is 21.8 Å². The zero-order valence-corrected chi connectivity index (χ0v) is 17.5. The van der Waals surface area contributed by atoms with Crippen molar-refractivity contribution in [2.45, 2.75) is 4.90 Å². The highest BCUT2D eigenvalue weighted by atomic mass is 32.2. The smallest absolute Gasteiger partial charge is 0.181 e. The van der Waals surface area contributed by atoms with Crippen LogP contribution in [0.4, 0.5) is 8.78 Å². The van der Waals surface area contributed by atoms with Crippen LogP contribution in [0.5, 0.6) is 17.2 Å². The van der Waals surface area contributed by atoms with Crippen molar-refractivity contribution < 1.29 is 26.7 Å². The Morgan fingerprint density at radius 2 is 1.48 bits per heavy atom. The lowest BCUT2D eigenvalue weighted by molar-refractivity contribution is 0.415. The van der Waals surface area contributed by atoms with Gasteiger partial charge in [-0.2, -0.15) is 0 Å². The molecule has 0 fully saturated rings. The van der Waals surface area contributed by atoms with E-state index in [1.165, 1.54) is 0 Å².